The molecule has 0 N–H and O–H groups in total. The molecule has 120 valence electrons. The molecular formula is C18H21F3O. The minimum absolute atomic E-state index is 0.0360. The topological polar surface area (TPSA) is 17.1 Å². The monoisotopic (exact) mass is 310 g/mol. The van der Waals surface area contributed by atoms with Crippen molar-refractivity contribution in [2.45, 2.75) is 40.3 Å². The van der Waals surface area contributed by atoms with Gasteiger partial charge in [-0.3, -0.25) is 4.79 Å². The van der Waals surface area contributed by atoms with E-state index in [-0.39, 0.29) is 11.7 Å². The summed E-state index contributed by atoms with van der Waals surface area (Å²) in [7, 11) is 0. The molecule has 0 unspecified atom stereocenters. The summed E-state index contributed by atoms with van der Waals surface area (Å²) < 4.78 is 37.8. The van der Waals surface area contributed by atoms with E-state index in [1.54, 1.807) is 13.0 Å². The molecule has 0 aliphatic heterocycles. The number of Topliss-reactive ketones (excluding diaryl/α,β-unsaturated/α-hetero) is 1. The van der Waals surface area contributed by atoms with Crippen LogP contribution in [0.15, 0.2) is 42.0 Å². The molecule has 0 saturated heterocycles. The number of hydrogen-bond donors (Lipinski definition) is 0. The summed E-state index contributed by atoms with van der Waals surface area (Å²) in [6, 6.07) is 5.00. The number of allylic oxidation sites excluding steroid dienone is 4. The van der Waals surface area contributed by atoms with E-state index < -0.39 is 11.7 Å². The second kappa shape index (κ2) is 7.43. The fraction of sp³-hybridized carbons (Fsp3) is 0.389. The van der Waals surface area contributed by atoms with Gasteiger partial charge in [0.05, 0.1) is 5.56 Å². The van der Waals surface area contributed by atoms with Crippen molar-refractivity contribution < 1.29 is 18.0 Å². The Labute approximate surface area is 129 Å². The molecule has 1 rings (SSSR count). The van der Waals surface area contributed by atoms with Gasteiger partial charge in [0, 0.05) is 5.92 Å². The van der Waals surface area contributed by atoms with Gasteiger partial charge in [0.15, 0.2) is 5.78 Å². The van der Waals surface area contributed by atoms with E-state index in [0.717, 1.165) is 24.1 Å². The predicted octanol–water partition coefficient (Wildman–Crippen LogP) is 5.67. The Morgan fingerprint density at radius 2 is 1.73 bits per heavy atom. The summed E-state index contributed by atoms with van der Waals surface area (Å²) >= 11 is 0. The predicted molar refractivity (Wildman–Crippen MR) is 83.3 cm³/mol. The fourth-order valence-electron chi connectivity index (χ4n) is 2.09. The van der Waals surface area contributed by atoms with E-state index in [1.807, 2.05) is 26.8 Å². The van der Waals surface area contributed by atoms with Crippen LogP contribution in [0.2, 0.25) is 0 Å². The first kappa shape index (κ1) is 18.2. The molecule has 4 heteroatoms. The Morgan fingerprint density at radius 3 is 2.14 bits per heavy atom. The molecule has 0 aliphatic rings. The molecule has 1 nitrogen and oxygen atoms in total. The average molecular weight is 310 g/mol. The summed E-state index contributed by atoms with van der Waals surface area (Å²) in [5, 5.41) is 0. The van der Waals surface area contributed by atoms with Crippen LogP contribution in [-0.4, -0.2) is 5.78 Å². The van der Waals surface area contributed by atoms with E-state index in [9.17, 15) is 18.0 Å². The Kier molecular flexibility index (Phi) is 6.15. The highest BCUT2D eigenvalue weighted by atomic mass is 19.4. The largest absolute Gasteiger partial charge is 0.416 e. The van der Waals surface area contributed by atoms with Crippen LogP contribution in [0.25, 0.3) is 5.57 Å². The molecule has 0 radical (unpaired) electrons. The van der Waals surface area contributed by atoms with E-state index in [2.05, 4.69) is 0 Å². The van der Waals surface area contributed by atoms with Crippen molar-refractivity contribution >= 4 is 11.4 Å². The van der Waals surface area contributed by atoms with Crippen molar-refractivity contribution in [3.05, 3.63) is 53.1 Å². The molecule has 0 amide bonds. The minimum Gasteiger partial charge on any atom is -0.294 e. The lowest BCUT2D eigenvalue weighted by Gasteiger charge is -2.10. The lowest BCUT2D eigenvalue weighted by Crippen LogP contribution is -2.08. The summed E-state index contributed by atoms with van der Waals surface area (Å²) in [5.41, 5.74) is 1.37. The number of carbonyl (C=O) groups is 1. The number of ketones is 1. The summed E-state index contributed by atoms with van der Waals surface area (Å²) in [4.78, 5) is 12.0. The highest BCUT2D eigenvalue weighted by Gasteiger charge is 2.29. The van der Waals surface area contributed by atoms with E-state index >= 15 is 0 Å². The molecule has 0 saturated carbocycles. The Balaban J connectivity index is 3.15. The Bertz CT molecular complexity index is 575. The summed E-state index contributed by atoms with van der Waals surface area (Å²) in [6.07, 6.45) is 0.0384. The molecular weight excluding hydrogens is 289 g/mol. The highest BCUT2D eigenvalue weighted by Crippen LogP contribution is 2.30. The van der Waals surface area contributed by atoms with Crippen LogP contribution in [0.5, 0.6) is 0 Å². The van der Waals surface area contributed by atoms with Gasteiger partial charge in [-0.25, -0.2) is 0 Å². The van der Waals surface area contributed by atoms with Crippen LogP contribution < -0.4 is 0 Å². The fourth-order valence-corrected chi connectivity index (χ4v) is 2.09. The van der Waals surface area contributed by atoms with Crippen LogP contribution in [0.1, 0.15) is 45.2 Å². The van der Waals surface area contributed by atoms with Crippen molar-refractivity contribution in [2.75, 3.05) is 0 Å². The number of carbonyl (C=O) groups excluding carboxylic acids is 1. The van der Waals surface area contributed by atoms with Gasteiger partial charge in [-0.1, -0.05) is 39.0 Å². The number of alkyl halides is 3. The third kappa shape index (κ3) is 4.86. The van der Waals surface area contributed by atoms with Crippen LogP contribution in [-0.2, 0) is 11.0 Å². The van der Waals surface area contributed by atoms with Gasteiger partial charge in [-0.2, -0.15) is 13.2 Å². The maximum atomic E-state index is 12.6. The highest BCUT2D eigenvalue weighted by molar-refractivity contribution is 5.98. The van der Waals surface area contributed by atoms with E-state index in [1.165, 1.54) is 12.1 Å². The second-order valence-corrected chi connectivity index (χ2v) is 5.49. The molecule has 0 bridgehead atoms. The zero-order chi connectivity index (χ0) is 16.9. The molecule has 0 aromatic heterocycles. The maximum Gasteiger partial charge on any atom is 0.416 e. The first-order valence-electron chi connectivity index (χ1n) is 7.27. The van der Waals surface area contributed by atoms with Crippen molar-refractivity contribution in [3.8, 4) is 0 Å². The molecule has 0 atom stereocenters. The lowest BCUT2D eigenvalue weighted by atomic mass is 9.96. The maximum absolute atomic E-state index is 12.6. The standard InChI is InChI=1S/C18H21F3O/c1-5-6-15(11-13(4)17(22)12(2)3)14-7-9-16(10-8-14)18(19,20)21/h6-12H,5H2,1-4H3/b13-11-,15-6?. The Morgan fingerprint density at radius 1 is 1.18 bits per heavy atom. The number of rotatable bonds is 5. The van der Waals surface area contributed by atoms with Gasteiger partial charge in [0.1, 0.15) is 0 Å². The number of benzene rings is 1. The van der Waals surface area contributed by atoms with E-state index in [4.69, 9.17) is 0 Å². The van der Waals surface area contributed by atoms with Crippen molar-refractivity contribution in [2.24, 2.45) is 5.92 Å². The average Bonchev–Trinajstić information content (AvgIpc) is 2.45. The van der Waals surface area contributed by atoms with Gasteiger partial charge in [-0.05, 0) is 48.3 Å². The van der Waals surface area contributed by atoms with Gasteiger partial charge >= 0.3 is 6.18 Å². The van der Waals surface area contributed by atoms with Gasteiger partial charge < -0.3 is 0 Å². The van der Waals surface area contributed by atoms with Crippen LogP contribution >= 0.6 is 0 Å². The third-order valence-corrected chi connectivity index (χ3v) is 3.25. The normalized spacial score (nSPS) is 13.6. The van der Waals surface area contributed by atoms with E-state index in [0.29, 0.717) is 11.1 Å². The van der Waals surface area contributed by atoms with Gasteiger partial charge in [0.2, 0.25) is 0 Å². The number of halogens is 3. The van der Waals surface area contributed by atoms with Gasteiger partial charge in [-0.15, -0.1) is 0 Å². The smallest absolute Gasteiger partial charge is 0.294 e. The summed E-state index contributed by atoms with van der Waals surface area (Å²) in [5.74, 6) is -0.0688. The molecule has 0 heterocycles. The zero-order valence-corrected chi connectivity index (χ0v) is 13.3. The molecule has 22 heavy (non-hydrogen) atoms. The minimum atomic E-state index is -4.34. The Hall–Kier alpha value is -1.84. The molecule has 1 aromatic rings. The zero-order valence-electron chi connectivity index (χ0n) is 13.3. The second-order valence-electron chi connectivity index (χ2n) is 5.49. The van der Waals surface area contributed by atoms with Crippen molar-refractivity contribution in [1.82, 2.24) is 0 Å². The molecule has 0 spiro atoms. The SMILES string of the molecule is CCC=C(/C=C(/C)C(=O)C(C)C)c1ccc(C(F)(F)F)cc1. The van der Waals surface area contributed by atoms with Crippen molar-refractivity contribution in [3.63, 3.8) is 0 Å². The van der Waals surface area contributed by atoms with Crippen molar-refractivity contribution in [1.29, 1.82) is 0 Å². The van der Waals surface area contributed by atoms with Crippen LogP contribution in [0.4, 0.5) is 13.2 Å². The first-order valence-corrected chi connectivity index (χ1v) is 7.27. The molecule has 0 fully saturated rings. The quantitative estimate of drug-likeness (QED) is 0.506. The first-order chi connectivity index (χ1) is 10.2. The van der Waals surface area contributed by atoms with Crippen LogP contribution in [0, 0.1) is 5.92 Å². The number of hydrogen-bond acceptors (Lipinski definition) is 1. The molecule has 0 aliphatic carbocycles. The lowest BCUT2D eigenvalue weighted by molar-refractivity contribution is -0.137. The van der Waals surface area contributed by atoms with Gasteiger partial charge in [0.25, 0.3) is 0 Å². The summed E-state index contributed by atoms with van der Waals surface area (Å²) in [6.45, 7) is 7.31. The van der Waals surface area contributed by atoms with Crippen LogP contribution in [0.3, 0.4) is 0 Å². The third-order valence-electron chi connectivity index (χ3n) is 3.25. The molecule has 1 aromatic carbocycles.